The number of rotatable bonds is 34. The predicted molar refractivity (Wildman–Crippen MR) is 392 cm³/mol. The molecule has 0 radical (unpaired) electrons. The maximum atomic E-state index is 15.2. The van der Waals surface area contributed by atoms with E-state index in [9.17, 15) is 70.4 Å². The first-order chi connectivity index (χ1) is 51.6. The Morgan fingerprint density at radius 2 is 1.34 bits per heavy atom. The smallest absolute Gasteiger partial charge is 0.319 e. The van der Waals surface area contributed by atoms with E-state index in [0.717, 1.165) is 17.2 Å². The summed E-state index contributed by atoms with van der Waals surface area (Å²) in [5, 5.41) is 43.2. The van der Waals surface area contributed by atoms with Crippen LogP contribution in [-0.4, -0.2) is 188 Å². The summed E-state index contributed by atoms with van der Waals surface area (Å²) in [6.45, 7) is 6.33. The van der Waals surface area contributed by atoms with E-state index in [0.29, 0.717) is 37.1 Å². The Morgan fingerprint density at radius 3 is 2.05 bits per heavy atom. The van der Waals surface area contributed by atoms with Crippen LogP contribution in [0, 0.1) is 17.6 Å². The van der Waals surface area contributed by atoms with Gasteiger partial charge in [0, 0.05) is 84.7 Å². The first-order valence-electron chi connectivity index (χ1n) is 34.4. The lowest BCUT2D eigenvalue weighted by atomic mass is 10.0. The zero-order chi connectivity index (χ0) is 77.9. The van der Waals surface area contributed by atoms with Crippen molar-refractivity contribution in [1.82, 2.24) is 41.5 Å². The van der Waals surface area contributed by atoms with E-state index in [1.54, 1.807) is 13.8 Å². The molecule has 2 aliphatic heterocycles. The van der Waals surface area contributed by atoms with Gasteiger partial charge in [0.25, 0.3) is 15.9 Å². The number of urea groups is 3. The van der Waals surface area contributed by atoms with Crippen LogP contribution >= 0.6 is 0 Å². The molecule has 6 aromatic rings. The molecule has 2 aliphatic rings. The minimum atomic E-state index is -4.19. The van der Waals surface area contributed by atoms with Crippen molar-refractivity contribution < 1.29 is 98.5 Å². The highest BCUT2D eigenvalue weighted by molar-refractivity contribution is 7.93. The number of benzene rings is 4. The Kier molecular flexibility index (Phi) is 30.5. The highest BCUT2D eigenvalue weighted by Gasteiger charge is 2.40. The Bertz CT molecular complexity index is 4460. The molecule has 4 heterocycles. The van der Waals surface area contributed by atoms with Crippen LogP contribution in [0.2, 0.25) is 0 Å². The number of hydrogen-bond donors (Lipinski definition) is 12. The second kappa shape index (κ2) is 40.0. The van der Waals surface area contributed by atoms with Crippen LogP contribution in [0.25, 0.3) is 11.1 Å². The number of carboxylic acids is 2. The average molecular weight is 1540 g/mol. The molecule has 1 fully saturated rings. The van der Waals surface area contributed by atoms with E-state index in [2.05, 4.69) is 66.9 Å². The van der Waals surface area contributed by atoms with Crippen LogP contribution in [0.1, 0.15) is 82.9 Å². The number of aliphatic carboxylic acids is 2. The van der Waals surface area contributed by atoms with Gasteiger partial charge in [-0.3, -0.25) is 33.5 Å². The summed E-state index contributed by atoms with van der Waals surface area (Å²) in [5.74, 6) is -7.52. The number of likely N-dealkylation sites (tertiary alicyclic amines) is 1. The van der Waals surface area contributed by atoms with Gasteiger partial charge >= 0.3 is 30.0 Å². The number of carboxylic acid groups (broad SMARTS) is 2. The first kappa shape index (κ1) is 82.5. The number of hydrogen-bond acceptors (Lipinski definition) is 20. The molecule has 0 spiro atoms. The average Bonchev–Trinajstić information content (AvgIpc) is 1.04. The maximum Gasteiger partial charge on any atom is 0.319 e. The summed E-state index contributed by atoms with van der Waals surface area (Å²) < 4.78 is 105. The number of pyridine rings is 2. The molecule has 8 rings (SSSR count). The molecular formula is C71H86F2N14O19S2. The predicted octanol–water partition coefficient (Wildman–Crippen LogP) is 7.47. The Labute approximate surface area is 621 Å². The Balaban J connectivity index is 0.708. The molecule has 10 amide bonds. The first-order valence-corrected chi connectivity index (χ1v) is 38.0. The lowest BCUT2D eigenvalue weighted by molar-refractivity contribution is -0.146. The molecule has 4 aromatic carbocycles. The van der Waals surface area contributed by atoms with Gasteiger partial charge in [0.1, 0.15) is 47.1 Å². The Hall–Kier alpha value is -11.2. The third kappa shape index (κ3) is 26.1. The van der Waals surface area contributed by atoms with Crippen LogP contribution in [0.5, 0.6) is 11.6 Å². The summed E-state index contributed by atoms with van der Waals surface area (Å²) >= 11 is 0. The van der Waals surface area contributed by atoms with Crippen molar-refractivity contribution in [3.05, 3.63) is 138 Å². The molecule has 37 heteroatoms. The van der Waals surface area contributed by atoms with Crippen LogP contribution < -0.4 is 62.0 Å². The number of aromatic nitrogens is 2. The van der Waals surface area contributed by atoms with Crippen LogP contribution in [0.4, 0.5) is 57.5 Å². The van der Waals surface area contributed by atoms with Gasteiger partial charge in [-0.05, 0) is 115 Å². The third-order valence-corrected chi connectivity index (χ3v) is 18.9. The second-order valence-corrected chi connectivity index (χ2v) is 29.2. The number of nitrogens with zero attached hydrogens (tertiary/aromatic N) is 4. The zero-order valence-corrected chi connectivity index (χ0v) is 61.1. The van der Waals surface area contributed by atoms with E-state index in [4.69, 9.17) is 23.7 Å². The lowest BCUT2D eigenvalue weighted by Crippen LogP contribution is -2.56. The van der Waals surface area contributed by atoms with Gasteiger partial charge in [-0.15, -0.1) is 0 Å². The summed E-state index contributed by atoms with van der Waals surface area (Å²) in [6.07, 6.45) is 2.09. The summed E-state index contributed by atoms with van der Waals surface area (Å²) in [7, 11) is -7.61. The Morgan fingerprint density at radius 1 is 0.685 bits per heavy atom. The van der Waals surface area contributed by atoms with Gasteiger partial charge in [0.05, 0.1) is 98.3 Å². The van der Waals surface area contributed by atoms with E-state index < -0.39 is 128 Å². The van der Waals surface area contributed by atoms with Crippen LogP contribution in [0.3, 0.4) is 0 Å². The second-order valence-electron chi connectivity index (χ2n) is 25.2. The number of sulfonamides is 1. The van der Waals surface area contributed by atoms with Gasteiger partial charge in [-0.25, -0.2) is 40.8 Å². The quantitative estimate of drug-likeness (QED) is 0.0174. The largest absolute Gasteiger partial charge is 0.493 e. The van der Waals surface area contributed by atoms with Crippen molar-refractivity contribution in [2.24, 2.45) is 10.3 Å². The number of fused-ring (bicyclic) bond motifs is 6. The molecule has 0 aliphatic carbocycles. The topological polar surface area (TPSA) is 453 Å². The molecule has 2 aromatic heterocycles. The highest BCUT2D eigenvalue weighted by Crippen LogP contribution is 2.35. The maximum absolute atomic E-state index is 15.2. The van der Waals surface area contributed by atoms with Gasteiger partial charge in [0.15, 0.2) is 0 Å². The SMILES string of the molecule is CCCNC(=O)Nc1cccc(S(=O)(=O)Nc2cccc([C@H](CC(=O)O)NC(=O)Nc3ccc(NC(=O)NCCOCCOCCOCCC(=O)N[C@@H](CC(=O)O)C(=O)N4CCC[C@H]4C(=O)N[C@H](C(=O)N=[S@@](C)(=O)Cc4cc5nc(c4)OCCCOc4cc(F)ccc4-c4cc(ncc4F)N5)C(C)C)cc3)c2)c1. The molecule has 12 N–H and O–H groups in total. The van der Waals surface area contributed by atoms with Crippen molar-refractivity contribution in [3.63, 3.8) is 0 Å². The molecule has 108 heavy (non-hydrogen) atoms. The number of carbonyl (C=O) groups excluding carboxylic acids is 7. The van der Waals surface area contributed by atoms with Crippen molar-refractivity contribution in [1.29, 1.82) is 0 Å². The summed E-state index contributed by atoms with van der Waals surface area (Å²) in [6, 6.07) is 18.6. The third-order valence-electron chi connectivity index (χ3n) is 16.1. The van der Waals surface area contributed by atoms with Crippen molar-refractivity contribution in [3.8, 4) is 22.8 Å². The van der Waals surface area contributed by atoms with Crippen LogP contribution in [-0.2, 0) is 68.5 Å². The number of anilines is 6. The molecule has 33 nitrogen and oxygen atoms in total. The fraction of sp³-hybridized carbons (Fsp3) is 0.394. The van der Waals surface area contributed by atoms with Crippen LogP contribution in [0.15, 0.2) is 125 Å². The molecule has 1 saturated heterocycles. The van der Waals surface area contributed by atoms with Crippen molar-refractivity contribution in [2.75, 3.05) is 105 Å². The molecule has 580 valence electrons. The molecule has 0 saturated carbocycles. The fourth-order valence-electron chi connectivity index (χ4n) is 11.1. The minimum Gasteiger partial charge on any atom is -0.493 e. The normalized spacial score (nSPS) is 14.7. The lowest BCUT2D eigenvalue weighted by Gasteiger charge is -2.29. The van der Waals surface area contributed by atoms with Crippen molar-refractivity contribution >= 4 is 108 Å². The van der Waals surface area contributed by atoms with Gasteiger partial charge < -0.3 is 86.6 Å². The van der Waals surface area contributed by atoms with Gasteiger partial charge in [-0.1, -0.05) is 39.0 Å². The van der Waals surface area contributed by atoms with E-state index in [1.807, 2.05) is 6.92 Å². The molecule has 5 atom stereocenters. The number of amides is 10. The molecule has 0 unspecified atom stereocenters. The van der Waals surface area contributed by atoms with E-state index in [-0.39, 0.29) is 146 Å². The summed E-state index contributed by atoms with van der Waals surface area (Å²) in [4.78, 5) is 126. The zero-order valence-electron chi connectivity index (χ0n) is 59.5. The minimum absolute atomic E-state index is 0.0323. The molecular weight excluding hydrogens is 1450 g/mol. The van der Waals surface area contributed by atoms with E-state index in [1.165, 1.54) is 109 Å². The standard InChI is InChI=1S/C71H86F2N14O19S2/c1-5-22-74-69(96)79-49-11-7-13-51(37-49)108(100,101)85-50-12-6-10-45(35-50)55(39-63(89)90)81-71(98)78-48-18-16-47(17-19-48)77-70(97)75-23-28-103-30-32-104-31-29-102-27-21-61(88)80-56(40-64(91)92)68(95)87-24-8-14-57(87)66(93)84-65(43(2)3)67(94)86-107(4,99)42-44-33-60-82-59-38-53(54(73)41-76-59)52-20-15-46(72)36-58(52)105-25-9-26-106-62(34-44)83-60/h6-7,10-13,15-20,33-38,41,43,55-57,65,85H,5,8-9,14,21-32,39-40,42H2,1-4H3,(H,80,88)(H,84,93)(H,89,90)(H,91,92)(H2,74,79,96)(H2,75,77,97)(H,76,82,83)(H2,78,81,98)/t55-,56-,57-,65-,107-/m0/s1. The summed E-state index contributed by atoms with van der Waals surface area (Å²) in [5.41, 5.74) is 1.95. The monoisotopic (exact) mass is 1540 g/mol. The highest BCUT2D eigenvalue weighted by atomic mass is 32.2. The number of ether oxygens (including phenoxy) is 5. The number of carbonyl (C=O) groups is 9. The van der Waals surface area contributed by atoms with Gasteiger partial charge in [-0.2, -0.15) is 9.35 Å². The number of halogens is 2. The van der Waals surface area contributed by atoms with E-state index >= 15 is 4.39 Å². The van der Waals surface area contributed by atoms with Crippen molar-refractivity contribution in [2.45, 2.75) is 101 Å². The van der Waals surface area contributed by atoms with Gasteiger partial charge in [0.2, 0.25) is 23.6 Å². The number of nitrogens with one attached hydrogen (secondary N) is 10. The molecule has 4 bridgehead atoms. The fourth-order valence-corrected chi connectivity index (χ4v) is 13.5.